The van der Waals surface area contributed by atoms with Crippen LogP contribution in [0.1, 0.15) is 59.8 Å². The minimum atomic E-state index is -4.03. The van der Waals surface area contributed by atoms with E-state index in [1.807, 2.05) is 54.2 Å². The van der Waals surface area contributed by atoms with Gasteiger partial charge < -0.3 is 9.88 Å². The van der Waals surface area contributed by atoms with Crippen LogP contribution in [0.3, 0.4) is 0 Å². The summed E-state index contributed by atoms with van der Waals surface area (Å²) in [6.45, 7) is 2.36. The smallest absolute Gasteiger partial charge is 0.253 e. The van der Waals surface area contributed by atoms with E-state index in [4.69, 9.17) is 0 Å². The summed E-state index contributed by atoms with van der Waals surface area (Å²) in [6, 6.07) is 11.3. The maximum absolute atomic E-state index is 14.3. The lowest BCUT2D eigenvalue weighted by Crippen LogP contribution is -2.36. The van der Waals surface area contributed by atoms with Gasteiger partial charge in [-0.1, -0.05) is 18.2 Å². The minimum Gasteiger partial charge on any atom is -0.350 e. The van der Waals surface area contributed by atoms with Crippen molar-refractivity contribution in [3.8, 4) is 0 Å². The summed E-state index contributed by atoms with van der Waals surface area (Å²) < 4.78 is 46.0. The molecule has 0 bridgehead atoms. The Labute approximate surface area is 221 Å². The number of carbonyl (C=O) groups is 1. The van der Waals surface area contributed by atoms with Crippen molar-refractivity contribution in [1.29, 1.82) is 0 Å². The number of amides is 1. The Bertz CT molecular complexity index is 1700. The molecule has 4 aromatic rings. The number of sulfonamides is 1. The number of benzene rings is 2. The number of hydrogen-bond donors (Lipinski definition) is 2. The number of rotatable bonds is 7. The van der Waals surface area contributed by atoms with Crippen molar-refractivity contribution in [1.82, 2.24) is 19.6 Å². The summed E-state index contributed by atoms with van der Waals surface area (Å²) >= 11 is 0. The number of carbonyl (C=O) groups excluding carboxylic acids is 1. The van der Waals surface area contributed by atoms with Crippen molar-refractivity contribution in [3.05, 3.63) is 71.2 Å². The maximum Gasteiger partial charge on any atom is 0.253 e. The fourth-order valence-electron chi connectivity index (χ4n) is 5.50. The van der Waals surface area contributed by atoms with Gasteiger partial charge in [-0.3, -0.25) is 9.78 Å². The number of nitrogens with one attached hydrogen (secondary N) is 2. The molecule has 0 radical (unpaired) electrons. The Morgan fingerprint density at radius 2 is 1.92 bits per heavy atom. The first-order valence-electron chi connectivity index (χ1n) is 13.0. The third kappa shape index (κ3) is 4.58. The second-order valence-corrected chi connectivity index (χ2v) is 12.9. The van der Waals surface area contributed by atoms with Gasteiger partial charge in [0.05, 0.1) is 10.5 Å². The number of para-hydroxylation sites is 1. The molecule has 198 valence electrons. The van der Waals surface area contributed by atoms with Gasteiger partial charge in [-0.2, -0.15) is 0 Å². The number of pyridine rings is 1. The van der Waals surface area contributed by atoms with Gasteiger partial charge in [0.2, 0.25) is 10.0 Å². The van der Waals surface area contributed by atoms with Crippen LogP contribution in [0.5, 0.6) is 0 Å². The molecule has 1 saturated carbocycles. The highest BCUT2D eigenvalue weighted by atomic mass is 32.2. The molecule has 0 aliphatic heterocycles. The van der Waals surface area contributed by atoms with Crippen LogP contribution in [0.4, 0.5) is 4.39 Å². The fourth-order valence-corrected chi connectivity index (χ4v) is 7.19. The normalized spacial score (nSPS) is 17.7. The number of alkyl halides is 1. The number of hydrogen-bond acceptors (Lipinski definition) is 4. The highest BCUT2D eigenvalue weighted by Gasteiger charge is 2.34. The number of halogens is 1. The average molecular weight is 535 g/mol. The van der Waals surface area contributed by atoms with E-state index in [1.54, 1.807) is 6.20 Å². The van der Waals surface area contributed by atoms with Crippen molar-refractivity contribution in [2.24, 2.45) is 7.05 Å². The number of nitrogens with zero attached hydrogens (tertiary/aromatic N) is 2. The Morgan fingerprint density at radius 1 is 1.16 bits per heavy atom. The Morgan fingerprint density at radius 3 is 2.66 bits per heavy atom. The van der Waals surface area contributed by atoms with Crippen molar-refractivity contribution in [2.75, 3.05) is 6.54 Å². The summed E-state index contributed by atoms with van der Waals surface area (Å²) in [7, 11) is -2.13. The molecule has 6 rings (SSSR count). The lowest BCUT2D eigenvalue weighted by atomic mass is 10.0. The fraction of sp³-hybridized carbons (Fsp3) is 0.379. The Hall–Kier alpha value is -3.30. The summed E-state index contributed by atoms with van der Waals surface area (Å²) in [4.78, 5) is 18.1. The molecular weight excluding hydrogens is 503 g/mol. The standard InChI is InChI=1S/C29H31FN4O3S/c1-29(2,30)16-32-38(36,37)27-22-12-20(33-28(35)24-15-34(3)26-7-5-4-6-21(24)26)11-18(22)10-19-14-31-25(13-23(19)27)17-8-9-17/h4-7,10,13-15,17,20,32H,8-9,11-12,16H2,1-3H3,(H,33,35)/t20-/m1/s1. The molecule has 7 nitrogen and oxygen atoms in total. The molecule has 0 saturated heterocycles. The van der Waals surface area contributed by atoms with Crippen molar-refractivity contribution in [2.45, 2.75) is 62.1 Å². The average Bonchev–Trinajstić information content (AvgIpc) is 3.56. The van der Waals surface area contributed by atoms with Crippen LogP contribution in [-0.4, -0.2) is 42.1 Å². The Balaban J connectivity index is 1.37. The Kier molecular flexibility index (Phi) is 5.84. The molecule has 38 heavy (non-hydrogen) atoms. The molecule has 9 heteroatoms. The SMILES string of the molecule is Cn1cc(C(=O)N[C@@H]2Cc3cc4cnc(C5CC5)cc4c(S(=O)(=O)NCC(C)(C)F)c3C2)c2ccccc21. The van der Waals surface area contributed by atoms with Crippen molar-refractivity contribution < 1.29 is 17.6 Å². The molecule has 2 aliphatic carbocycles. The lowest BCUT2D eigenvalue weighted by Gasteiger charge is -2.18. The minimum absolute atomic E-state index is 0.181. The van der Waals surface area contributed by atoms with Crippen LogP contribution in [0, 0.1) is 0 Å². The monoisotopic (exact) mass is 534 g/mol. The molecule has 1 fully saturated rings. The van der Waals surface area contributed by atoms with Crippen molar-refractivity contribution in [3.63, 3.8) is 0 Å². The van der Waals surface area contributed by atoms with Crippen LogP contribution in [0.2, 0.25) is 0 Å². The zero-order valence-electron chi connectivity index (χ0n) is 21.7. The molecule has 2 N–H and O–H groups in total. The predicted molar refractivity (Wildman–Crippen MR) is 146 cm³/mol. The molecule has 1 atom stereocenters. The lowest BCUT2D eigenvalue weighted by molar-refractivity contribution is 0.0940. The summed E-state index contributed by atoms with van der Waals surface area (Å²) in [5, 5.41) is 5.34. The third-order valence-corrected chi connectivity index (χ3v) is 9.06. The van der Waals surface area contributed by atoms with Gasteiger partial charge in [0, 0.05) is 65.3 Å². The molecule has 2 aromatic carbocycles. The van der Waals surface area contributed by atoms with Gasteiger partial charge in [0.1, 0.15) is 5.67 Å². The van der Waals surface area contributed by atoms with E-state index in [0.29, 0.717) is 35.3 Å². The first kappa shape index (κ1) is 25.0. The molecule has 2 aliphatic rings. The second-order valence-electron chi connectivity index (χ2n) is 11.2. The topological polar surface area (TPSA) is 93.1 Å². The number of fused-ring (bicyclic) bond motifs is 3. The first-order valence-corrected chi connectivity index (χ1v) is 14.5. The van der Waals surface area contributed by atoms with E-state index in [2.05, 4.69) is 15.0 Å². The van der Waals surface area contributed by atoms with Crippen LogP contribution >= 0.6 is 0 Å². The second kappa shape index (κ2) is 8.88. The molecule has 1 amide bonds. The van der Waals surface area contributed by atoms with Gasteiger partial charge in [-0.05, 0) is 68.9 Å². The van der Waals surface area contributed by atoms with E-state index in [-0.39, 0.29) is 23.4 Å². The van der Waals surface area contributed by atoms with E-state index in [0.717, 1.165) is 40.4 Å². The summed E-state index contributed by atoms with van der Waals surface area (Å²) in [6.07, 6.45) is 6.52. The summed E-state index contributed by atoms with van der Waals surface area (Å²) in [5.41, 5.74) is 2.28. The van der Waals surface area contributed by atoms with Gasteiger partial charge >= 0.3 is 0 Å². The zero-order chi connectivity index (χ0) is 26.8. The first-order chi connectivity index (χ1) is 18.0. The van der Waals surface area contributed by atoms with Crippen molar-refractivity contribution >= 4 is 37.6 Å². The highest BCUT2D eigenvalue weighted by molar-refractivity contribution is 7.89. The molecule has 0 spiro atoms. The van der Waals surface area contributed by atoms with Gasteiger partial charge in [-0.15, -0.1) is 0 Å². The van der Waals surface area contributed by atoms with Crippen LogP contribution < -0.4 is 10.0 Å². The van der Waals surface area contributed by atoms with E-state index in [1.165, 1.54) is 13.8 Å². The molecule has 2 heterocycles. The summed E-state index contributed by atoms with van der Waals surface area (Å²) in [5.74, 6) is 0.164. The molecule has 2 aromatic heterocycles. The maximum atomic E-state index is 14.3. The van der Waals surface area contributed by atoms with Gasteiger partial charge in [0.15, 0.2) is 0 Å². The molecular formula is C29H31FN4O3S. The zero-order valence-corrected chi connectivity index (χ0v) is 22.5. The van der Waals surface area contributed by atoms with E-state index in [9.17, 15) is 17.6 Å². The van der Waals surface area contributed by atoms with Crippen LogP contribution in [-0.2, 0) is 29.9 Å². The van der Waals surface area contributed by atoms with E-state index >= 15 is 0 Å². The largest absolute Gasteiger partial charge is 0.350 e. The molecule has 0 unspecified atom stereocenters. The van der Waals surface area contributed by atoms with Gasteiger partial charge in [-0.25, -0.2) is 17.5 Å². The van der Waals surface area contributed by atoms with Crippen LogP contribution in [0.25, 0.3) is 21.7 Å². The van der Waals surface area contributed by atoms with Crippen LogP contribution in [0.15, 0.2) is 53.7 Å². The quantitative estimate of drug-likeness (QED) is 0.365. The highest BCUT2D eigenvalue weighted by Crippen LogP contribution is 2.42. The number of aromatic nitrogens is 2. The number of aryl methyl sites for hydroxylation is 1. The predicted octanol–water partition coefficient (Wildman–Crippen LogP) is 4.53. The van der Waals surface area contributed by atoms with E-state index < -0.39 is 15.7 Å². The van der Waals surface area contributed by atoms with Gasteiger partial charge in [0.25, 0.3) is 5.91 Å². The third-order valence-electron chi connectivity index (χ3n) is 7.53.